The van der Waals surface area contributed by atoms with Crippen LogP contribution in [0.25, 0.3) is 0 Å². The van der Waals surface area contributed by atoms with E-state index in [1.54, 1.807) is 0 Å². The first-order valence-electron chi connectivity index (χ1n) is 10.3. The van der Waals surface area contributed by atoms with Gasteiger partial charge in [0.2, 0.25) is 16.8 Å². The van der Waals surface area contributed by atoms with Crippen molar-refractivity contribution in [3.05, 3.63) is 52.1 Å². The van der Waals surface area contributed by atoms with Crippen molar-refractivity contribution in [2.24, 2.45) is 0 Å². The van der Waals surface area contributed by atoms with Crippen molar-refractivity contribution < 1.29 is 22.8 Å². The molecular formula is C21H25N3O6S. The quantitative estimate of drug-likeness (QED) is 0.473. The number of fused-ring (bicyclic) bond motifs is 1. The second-order valence-electron chi connectivity index (χ2n) is 7.57. The van der Waals surface area contributed by atoms with E-state index in [2.05, 4.69) is 0 Å². The normalized spacial score (nSPS) is 16.3. The van der Waals surface area contributed by atoms with E-state index in [9.17, 15) is 18.5 Å². The molecule has 0 N–H and O–H groups in total. The number of sulfonamides is 1. The number of anilines is 1. The monoisotopic (exact) mass is 447 g/mol. The Labute approximate surface area is 181 Å². The summed E-state index contributed by atoms with van der Waals surface area (Å²) in [7, 11) is -3.75. The lowest BCUT2D eigenvalue weighted by Gasteiger charge is -2.27. The Morgan fingerprint density at radius 2 is 1.81 bits per heavy atom. The highest BCUT2D eigenvalue weighted by Gasteiger charge is 2.29. The summed E-state index contributed by atoms with van der Waals surface area (Å²) in [5.41, 5.74) is 1.06. The van der Waals surface area contributed by atoms with Gasteiger partial charge in [-0.2, -0.15) is 4.31 Å². The molecule has 31 heavy (non-hydrogen) atoms. The van der Waals surface area contributed by atoms with Crippen LogP contribution >= 0.6 is 0 Å². The summed E-state index contributed by atoms with van der Waals surface area (Å²) in [6.45, 7) is 3.88. The number of ether oxygens (including phenoxy) is 2. The smallest absolute Gasteiger partial charge is 0.293 e. The van der Waals surface area contributed by atoms with E-state index in [0.717, 1.165) is 24.8 Å². The van der Waals surface area contributed by atoms with Gasteiger partial charge in [-0.3, -0.25) is 10.1 Å². The lowest BCUT2D eigenvalue weighted by molar-refractivity contribution is -0.384. The Kier molecular flexibility index (Phi) is 6.01. The maximum atomic E-state index is 13.0. The number of hydrogen-bond acceptors (Lipinski definition) is 7. The topological polar surface area (TPSA) is 102 Å². The number of hydrogen-bond donors (Lipinski definition) is 0. The Bertz CT molecular complexity index is 1080. The van der Waals surface area contributed by atoms with Crippen LogP contribution in [0.1, 0.15) is 31.7 Å². The summed E-state index contributed by atoms with van der Waals surface area (Å²) in [6, 6.07) is 9.74. The third-order valence-corrected chi connectivity index (χ3v) is 7.52. The van der Waals surface area contributed by atoms with Gasteiger partial charge in [0.25, 0.3) is 5.69 Å². The Balaban J connectivity index is 1.64. The molecule has 2 aliphatic rings. The molecule has 0 bridgehead atoms. The Morgan fingerprint density at radius 3 is 2.52 bits per heavy atom. The van der Waals surface area contributed by atoms with Gasteiger partial charge in [0, 0.05) is 32.2 Å². The molecule has 10 heteroatoms. The van der Waals surface area contributed by atoms with E-state index >= 15 is 0 Å². The molecule has 0 aromatic heterocycles. The summed E-state index contributed by atoms with van der Waals surface area (Å²) in [5, 5.41) is 11.8. The van der Waals surface area contributed by atoms with Gasteiger partial charge < -0.3 is 14.4 Å². The van der Waals surface area contributed by atoms with E-state index in [-0.39, 0.29) is 17.4 Å². The van der Waals surface area contributed by atoms with Gasteiger partial charge in [-0.1, -0.05) is 12.5 Å². The predicted molar refractivity (Wildman–Crippen MR) is 115 cm³/mol. The predicted octanol–water partition coefficient (Wildman–Crippen LogP) is 3.52. The standard InChI is InChI=1S/C21H25N3O6S/c1-2-22(14-16-6-9-20-21(12-16)30-15-29-20)18-8-7-17(13-19(18)24(25)26)31(27,28)23-10-4-3-5-11-23/h6-9,12-13H,2-5,10-11,14-15H2,1H3. The third-order valence-electron chi connectivity index (χ3n) is 5.63. The molecule has 4 rings (SSSR count). The van der Waals surface area contributed by atoms with Crippen molar-refractivity contribution in [3.8, 4) is 11.5 Å². The van der Waals surface area contributed by atoms with E-state index in [1.807, 2.05) is 30.0 Å². The second-order valence-corrected chi connectivity index (χ2v) is 9.51. The summed E-state index contributed by atoms with van der Waals surface area (Å²) in [6.07, 6.45) is 2.60. The molecule has 2 aliphatic heterocycles. The molecule has 2 aromatic carbocycles. The van der Waals surface area contributed by atoms with Crippen molar-refractivity contribution >= 4 is 21.4 Å². The molecule has 0 unspecified atom stereocenters. The molecule has 9 nitrogen and oxygen atoms in total. The zero-order chi connectivity index (χ0) is 22.0. The molecule has 1 fully saturated rings. The summed E-state index contributed by atoms with van der Waals surface area (Å²) in [5.74, 6) is 1.32. The fraction of sp³-hybridized carbons (Fsp3) is 0.429. The van der Waals surface area contributed by atoms with Crippen molar-refractivity contribution in [2.45, 2.75) is 37.6 Å². The molecular weight excluding hydrogens is 422 g/mol. The fourth-order valence-corrected chi connectivity index (χ4v) is 5.50. The van der Waals surface area contributed by atoms with Crippen molar-refractivity contribution in [1.29, 1.82) is 0 Å². The third kappa shape index (κ3) is 4.31. The van der Waals surface area contributed by atoms with Crippen LogP contribution < -0.4 is 14.4 Å². The molecule has 0 amide bonds. The maximum Gasteiger partial charge on any atom is 0.293 e. The first-order valence-corrected chi connectivity index (χ1v) is 11.8. The van der Waals surface area contributed by atoms with Crippen LogP contribution in [-0.2, 0) is 16.6 Å². The van der Waals surface area contributed by atoms with Crippen LogP contribution in [0, 0.1) is 10.1 Å². The molecule has 2 aromatic rings. The van der Waals surface area contributed by atoms with Crippen LogP contribution in [0.15, 0.2) is 41.3 Å². The molecule has 166 valence electrons. The minimum absolute atomic E-state index is 0.0380. The van der Waals surface area contributed by atoms with Gasteiger partial charge in [-0.15, -0.1) is 0 Å². The van der Waals surface area contributed by atoms with E-state index in [4.69, 9.17) is 9.47 Å². The van der Waals surface area contributed by atoms with Gasteiger partial charge in [0.05, 0.1) is 9.82 Å². The first-order chi connectivity index (χ1) is 14.9. The highest BCUT2D eigenvalue weighted by atomic mass is 32.2. The highest BCUT2D eigenvalue weighted by molar-refractivity contribution is 7.89. The van der Waals surface area contributed by atoms with Gasteiger partial charge >= 0.3 is 0 Å². The number of rotatable bonds is 7. The molecule has 0 atom stereocenters. The second kappa shape index (κ2) is 8.72. The largest absolute Gasteiger partial charge is 0.454 e. The minimum Gasteiger partial charge on any atom is -0.454 e. The van der Waals surface area contributed by atoms with Gasteiger partial charge in [0.1, 0.15) is 5.69 Å². The average Bonchev–Trinajstić information content (AvgIpc) is 3.25. The molecule has 1 saturated heterocycles. The number of benzene rings is 2. The van der Waals surface area contributed by atoms with Crippen molar-refractivity contribution in [2.75, 3.05) is 31.3 Å². The SMILES string of the molecule is CCN(Cc1ccc2c(c1)OCO2)c1ccc(S(=O)(=O)N2CCCCC2)cc1[N+](=O)[O-]. The van der Waals surface area contributed by atoms with Crippen molar-refractivity contribution in [3.63, 3.8) is 0 Å². The molecule has 0 saturated carbocycles. The summed E-state index contributed by atoms with van der Waals surface area (Å²) in [4.78, 5) is 13.1. The Hall–Kier alpha value is -2.85. The van der Waals surface area contributed by atoms with E-state index in [0.29, 0.717) is 43.4 Å². The number of nitrogens with zero attached hydrogens (tertiary/aromatic N) is 3. The summed E-state index contributed by atoms with van der Waals surface area (Å²) >= 11 is 0. The number of nitro benzene ring substituents is 1. The fourth-order valence-electron chi connectivity index (χ4n) is 3.96. The molecule has 0 aliphatic carbocycles. The van der Waals surface area contributed by atoms with Crippen LogP contribution in [-0.4, -0.2) is 44.1 Å². The summed E-state index contributed by atoms with van der Waals surface area (Å²) < 4.78 is 38.1. The zero-order valence-electron chi connectivity index (χ0n) is 17.3. The number of nitro groups is 1. The van der Waals surface area contributed by atoms with Crippen LogP contribution in [0.2, 0.25) is 0 Å². The lowest BCUT2D eigenvalue weighted by atomic mass is 10.1. The lowest BCUT2D eigenvalue weighted by Crippen LogP contribution is -2.35. The number of piperidine rings is 1. The van der Waals surface area contributed by atoms with Gasteiger partial charge in [0.15, 0.2) is 11.5 Å². The minimum atomic E-state index is -3.75. The van der Waals surface area contributed by atoms with Crippen molar-refractivity contribution in [1.82, 2.24) is 4.31 Å². The van der Waals surface area contributed by atoms with E-state index < -0.39 is 14.9 Å². The van der Waals surface area contributed by atoms with E-state index in [1.165, 1.54) is 22.5 Å². The first kappa shape index (κ1) is 21.4. The van der Waals surface area contributed by atoms with Gasteiger partial charge in [-0.25, -0.2) is 8.42 Å². The van der Waals surface area contributed by atoms with Crippen LogP contribution in [0.5, 0.6) is 11.5 Å². The molecule has 0 radical (unpaired) electrons. The average molecular weight is 448 g/mol. The molecule has 2 heterocycles. The maximum absolute atomic E-state index is 13.0. The molecule has 0 spiro atoms. The van der Waals surface area contributed by atoms with Crippen LogP contribution in [0.4, 0.5) is 11.4 Å². The van der Waals surface area contributed by atoms with Crippen LogP contribution in [0.3, 0.4) is 0 Å². The Morgan fingerprint density at radius 1 is 1.06 bits per heavy atom. The highest BCUT2D eigenvalue weighted by Crippen LogP contribution is 2.36. The zero-order valence-corrected chi connectivity index (χ0v) is 18.1. The van der Waals surface area contributed by atoms with Gasteiger partial charge in [-0.05, 0) is 49.6 Å².